The largest absolute Gasteiger partial charge is 0.297 e. The lowest BCUT2D eigenvalue weighted by Gasteiger charge is -2.08. The minimum atomic E-state index is 0.893. The van der Waals surface area contributed by atoms with Gasteiger partial charge in [-0.05, 0) is 42.5 Å². The summed E-state index contributed by atoms with van der Waals surface area (Å²) in [5.41, 5.74) is 8.77. The lowest BCUT2D eigenvalue weighted by molar-refractivity contribution is -0.645. The number of benzene rings is 4. The van der Waals surface area contributed by atoms with Gasteiger partial charge in [0.05, 0.1) is 16.5 Å². The molecule has 0 bridgehead atoms. The van der Waals surface area contributed by atoms with E-state index in [2.05, 4.69) is 123 Å². The SMILES string of the molecule is c1ccc(-n2c3[n+](c4c5ccccc5n(-c5ccccc5)c42)Cc2ccccc2-3)cc1. The summed E-state index contributed by atoms with van der Waals surface area (Å²) in [4.78, 5) is 0. The Morgan fingerprint density at radius 2 is 1.19 bits per heavy atom. The molecule has 3 heterocycles. The lowest BCUT2D eigenvalue weighted by atomic mass is 10.1. The first-order chi connectivity index (χ1) is 15.4. The molecule has 0 aliphatic carbocycles. The Morgan fingerprint density at radius 1 is 0.581 bits per heavy atom. The normalized spacial score (nSPS) is 12.4. The van der Waals surface area contributed by atoms with Gasteiger partial charge in [-0.25, -0.2) is 4.57 Å². The highest BCUT2D eigenvalue weighted by Gasteiger charge is 2.38. The predicted octanol–water partition coefficient (Wildman–Crippen LogP) is 5.89. The van der Waals surface area contributed by atoms with Gasteiger partial charge in [-0.1, -0.05) is 66.7 Å². The molecule has 0 atom stereocenters. The molecule has 0 unspecified atom stereocenters. The van der Waals surface area contributed by atoms with Gasteiger partial charge in [0.15, 0.2) is 0 Å². The van der Waals surface area contributed by atoms with E-state index in [9.17, 15) is 0 Å². The van der Waals surface area contributed by atoms with E-state index < -0.39 is 0 Å². The zero-order valence-electron chi connectivity index (χ0n) is 16.9. The van der Waals surface area contributed by atoms with Gasteiger partial charge in [0.2, 0.25) is 5.52 Å². The molecule has 3 nitrogen and oxygen atoms in total. The van der Waals surface area contributed by atoms with Crippen LogP contribution >= 0.6 is 0 Å². The number of nitrogens with zero attached hydrogens (tertiary/aromatic N) is 3. The standard InChI is InChI=1S/C28H20N3/c1-3-12-21(13-4-1)30-25-18-10-9-17-24(25)26-28(30)31(22-14-5-2-6-15-22)27-23-16-8-7-11-20(23)19-29(26)27/h1-18H,19H2/q+1. The van der Waals surface area contributed by atoms with Crippen molar-refractivity contribution in [2.24, 2.45) is 0 Å². The maximum Gasteiger partial charge on any atom is 0.297 e. The molecule has 4 aromatic carbocycles. The van der Waals surface area contributed by atoms with E-state index >= 15 is 0 Å². The number of aromatic nitrogens is 3. The van der Waals surface area contributed by atoms with Crippen molar-refractivity contribution in [2.75, 3.05) is 0 Å². The molecule has 0 amide bonds. The van der Waals surface area contributed by atoms with Gasteiger partial charge < -0.3 is 0 Å². The van der Waals surface area contributed by atoms with Crippen molar-refractivity contribution in [2.45, 2.75) is 6.54 Å². The van der Waals surface area contributed by atoms with Crippen LogP contribution in [-0.4, -0.2) is 9.13 Å². The Hall–Kier alpha value is -4.11. The second-order valence-electron chi connectivity index (χ2n) is 8.10. The average molecular weight is 398 g/mol. The minimum Gasteiger partial charge on any atom is -0.273 e. The maximum atomic E-state index is 2.49. The van der Waals surface area contributed by atoms with E-state index in [-0.39, 0.29) is 0 Å². The Kier molecular flexibility index (Phi) is 3.33. The second kappa shape index (κ2) is 6.19. The van der Waals surface area contributed by atoms with E-state index in [4.69, 9.17) is 0 Å². The topological polar surface area (TPSA) is 13.7 Å². The van der Waals surface area contributed by atoms with Crippen molar-refractivity contribution in [3.05, 3.63) is 115 Å². The smallest absolute Gasteiger partial charge is 0.273 e. The van der Waals surface area contributed by atoms with Crippen LogP contribution in [0, 0.1) is 0 Å². The van der Waals surface area contributed by atoms with Gasteiger partial charge in [0, 0.05) is 11.3 Å². The van der Waals surface area contributed by atoms with Gasteiger partial charge in [-0.15, -0.1) is 0 Å². The van der Waals surface area contributed by atoms with Crippen molar-refractivity contribution >= 4 is 22.1 Å². The fourth-order valence-electron chi connectivity index (χ4n) is 5.13. The maximum absolute atomic E-state index is 2.49. The van der Waals surface area contributed by atoms with E-state index in [0.717, 1.165) is 6.54 Å². The van der Waals surface area contributed by atoms with E-state index in [0.29, 0.717) is 0 Å². The molecule has 7 rings (SSSR count). The number of rotatable bonds is 2. The van der Waals surface area contributed by atoms with E-state index in [1.54, 1.807) is 0 Å². The fourth-order valence-corrected chi connectivity index (χ4v) is 5.13. The van der Waals surface area contributed by atoms with Crippen LogP contribution in [0.1, 0.15) is 5.56 Å². The molecule has 0 saturated heterocycles. The number of hydrogen-bond acceptors (Lipinski definition) is 0. The Balaban J connectivity index is 1.74. The second-order valence-corrected chi connectivity index (χ2v) is 8.10. The number of fused-ring (bicyclic) bond motifs is 7. The minimum absolute atomic E-state index is 0.893. The van der Waals surface area contributed by atoms with Crippen LogP contribution < -0.4 is 4.57 Å². The lowest BCUT2D eigenvalue weighted by Crippen LogP contribution is -2.31. The van der Waals surface area contributed by atoms with Crippen LogP contribution in [0.15, 0.2) is 109 Å². The van der Waals surface area contributed by atoms with Crippen molar-refractivity contribution < 1.29 is 4.57 Å². The molecule has 146 valence electrons. The Morgan fingerprint density at radius 3 is 1.97 bits per heavy atom. The van der Waals surface area contributed by atoms with Crippen molar-refractivity contribution in [3.63, 3.8) is 0 Å². The third-order valence-corrected chi connectivity index (χ3v) is 6.39. The number of para-hydroxylation sites is 3. The molecule has 1 aliphatic heterocycles. The fraction of sp³-hybridized carbons (Fsp3) is 0.0357. The summed E-state index contributed by atoms with van der Waals surface area (Å²) in [5, 5.41) is 1.28. The van der Waals surface area contributed by atoms with Gasteiger partial charge in [-0.2, -0.15) is 4.57 Å². The molecule has 0 spiro atoms. The van der Waals surface area contributed by atoms with Crippen LogP contribution in [0.25, 0.3) is 44.8 Å². The highest BCUT2D eigenvalue weighted by atomic mass is 15.3. The summed E-state index contributed by atoms with van der Waals surface area (Å²) in [6.45, 7) is 0.893. The molecule has 3 heteroatoms. The Bertz CT molecular complexity index is 1590. The Labute approximate surface area is 180 Å². The molecule has 0 radical (unpaired) electrons. The van der Waals surface area contributed by atoms with Crippen molar-refractivity contribution in [1.29, 1.82) is 0 Å². The third-order valence-electron chi connectivity index (χ3n) is 6.39. The molecule has 0 fully saturated rings. The van der Waals surface area contributed by atoms with Gasteiger partial charge >= 0.3 is 0 Å². The molecular formula is C28H20N3+. The first-order valence-electron chi connectivity index (χ1n) is 10.7. The van der Waals surface area contributed by atoms with Gasteiger partial charge in [0.25, 0.3) is 11.5 Å². The molecule has 1 aliphatic rings. The molecule has 0 N–H and O–H groups in total. The average Bonchev–Trinajstić information content (AvgIpc) is 3.46. The summed E-state index contributed by atoms with van der Waals surface area (Å²) in [7, 11) is 0. The van der Waals surface area contributed by atoms with Crippen LogP contribution in [0.5, 0.6) is 0 Å². The monoisotopic (exact) mass is 398 g/mol. The summed E-state index contributed by atoms with van der Waals surface area (Å²) >= 11 is 0. The van der Waals surface area contributed by atoms with Crippen LogP contribution in [0.4, 0.5) is 0 Å². The number of hydrogen-bond donors (Lipinski definition) is 0. The highest BCUT2D eigenvalue weighted by Crippen LogP contribution is 2.39. The summed E-state index contributed by atoms with van der Waals surface area (Å²) in [6.07, 6.45) is 0. The predicted molar refractivity (Wildman–Crippen MR) is 125 cm³/mol. The van der Waals surface area contributed by atoms with Crippen LogP contribution in [-0.2, 0) is 6.54 Å². The molecular weight excluding hydrogens is 378 g/mol. The van der Waals surface area contributed by atoms with Crippen LogP contribution in [0.2, 0.25) is 0 Å². The summed E-state index contributed by atoms with van der Waals surface area (Å²) < 4.78 is 7.34. The first-order valence-corrected chi connectivity index (χ1v) is 10.7. The van der Waals surface area contributed by atoms with Gasteiger partial charge in [0.1, 0.15) is 12.2 Å². The molecule has 2 aromatic heterocycles. The zero-order valence-corrected chi connectivity index (χ0v) is 16.9. The van der Waals surface area contributed by atoms with Crippen molar-refractivity contribution in [1.82, 2.24) is 9.13 Å². The molecule has 31 heavy (non-hydrogen) atoms. The number of imidazole rings is 1. The van der Waals surface area contributed by atoms with Crippen molar-refractivity contribution in [3.8, 4) is 22.8 Å². The molecule has 6 aromatic rings. The van der Waals surface area contributed by atoms with E-state index in [1.165, 1.54) is 50.4 Å². The van der Waals surface area contributed by atoms with Gasteiger partial charge in [-0.3, -0.25) is 4.57 Å². The quantitative estimate of drug-likeness (QED) is 0.322. The first kappa shape index (κ1) is 16.7. The van der Waals surface area contributed by atoms with E-state index in [1.807, 2.05) is 0 Å². The van der Waals surface area contributed by atoms with Crippen LogP contribution in [0.3, 0.4) is 0 Å². The summed E-state index contributed by atoms with van der Waals surface area (Å²) in [5.74, 6) is 1.25. The third kappa shape index (κ3) is 2.20. The zero-order chi connectivity index (χ0) is 20.4. The summed E-state index contributed by atoms with van der Waals surface area (Å²) in [6, 6.07) is 39.0. The molecule has 0 saturated carbocycles. The highest BCUT2D eigenvalue weighted by molar-refractivity contribution is 6.05.